The fourth-order valence-electron chi connectivity index (χ4n) is 5.66. The Kier molecular flexibility index (Phi) is 3.09. The quantitative estimate of drug-likeness (QED) is 0.811. The molecule has 4 heteroatoms. The van der Waals surface area contributed by atoms with Crippen molar-refractivity contribution in [3.63, 3.8) is 0 Å². The van der Waals surface area contributed by atoms with Gasteiger partial charge in [0, 0.05) is 5.69 Å². The van der Waals surface area contributed by atoms with E-state index in [1.165, 1.54) is 0 Å². The van der Waals surface area contributed by atoms with Crippen LogP contribution < -0.4 is 4.90 Å². The molecule has 1 saturated heterocycles. The van der Waals surface area contributed by atoms with Crippen molar-refractivity contribution in [2.75, 3.05) is 4.90 Å². The number of carbonyl (C=O) groups excluding carboxylic acids is 1. The van der Waals surface area contributed by atoms with Gasteiger partial charge >= 0.3 is 6.03 Å². The van der Waals surface area contributed by atoms with E-state index >= 15 is 0 Å². The smallest absolute Gasteiger partial charge is 0.331 e. The Morgan fingerprint density at radius 2 is 1.92 bits per heavy atom. The first-order valence-electron chi connectivity index (χ1n) is 8.87. The fraction of sp³-hybridized carbons (Fsp3) is 0.550. The summed E-state index contributed by atoms with van der Waals surface area (Å²) in [5.74, 6) is 0.532. The van der Waals surface area contributed by atoms with Crippen LogP contribution in [-0.2, 0) is 0 Å². The Hall–Kier alpha value is -1.97. The molecule has 4 nitrogen and oxygen atoms in total. The SMILES string of the molecule is C/C=C(\O)N1C(=O)N(c2ccccc2)[C@@H]2[C@H]3CC[C@@](C)([C@@H]21)C3(C)C. The van der Waals surface area contributed by atoms with Crippen LogP contribution in [0.4, 0.5) is 10.5 Å². The van der Waals surface area contributed by atoms with Crippen molar-refractivity contribution >= 4 is 11.7 Å². The first kappa shape index (κ1) is 15.6. The summed E-state index contributed by atoms with van der Waals surface area (Å²) in [5.41, 5.74) is 1.08. The van der Waals surface area contributed by atoms with E-state index in [4.69, 9.17) is 0 Å². The summed E-state index contributed by atoms with van der Waals surface area (Å²) in [6.07, 6.45) is 3.88. The third kappa shape index (κ3) is 1.61. The molecule has 4 rings (SSSR count). The monoisotopic (exact) mass is 326 g/mol. The second-order valence-electron chi connectivity index (χ2n) is 8.22. The molecular formula is C20H26N2O2. The second-order valence-corrected chi connectivity index (χ2v) is 8.22. The number of hydrogen-bond acceptors (Lipinski definition) is 2. The number of hydrogen-bond donors (Lipinski definition) is 1. The van der Waals surface area contributed by atoms with Gasteiger partial charge in [-0.1, -0.05) is 39.0 Å². The summed E-state index contributed by atoms with van der Waals surface area (Å²) in [6.45, 7) is 8.75. The predicted octanol–water partition coefficient (Wildman–Crippen LogP) is 4.54. The molecule has 2 saturated carbocycles. The normalized spacial score (nSPS) is 37.2. The fourth-order valence-corrected chi connectivity index (χ4v) is 5.66. The molecule has 0 unspecified atom stereocenters. The van der Waals surface area contributed by atoms with E-state index < -0.39 is 0 Å². The van der Waals surface area contributed by atoms with Gasteiger partial charge in [-0.2, -0.15) is 0 Å². The molecule has 1 aromatic rings. The maximum Gasteiger partial charge on any atom is 0.331 e. The molecule has 24 heavy (non-hydrogen) atoms. The van der Waals surface area contributed by atoms with Gasteiger partial charge in [-0.05, 0) is 54.7 Å². The highest BCUT2D eigenvalue weighted by atomic mass is 16.3. The van der Waals surface area contributed by atoms with Gasteiger partial charge in [0.25, 0.3) is 0 Å². The molecule has 3 aliphatic rings. The summed E-state index contributed by atoms with van der Waals surface area (Å²) in [5, 5.41) is 10.5. The van der Waals surface area contributed by atoms with Crippen LogP contribution in [0.2, 0.25) is 0 Å². The molecule has 3 fully saturated rings. The van der Waals surface area contributed by atoms with Gasteiger partial charge in [0.2, 0.25) is 0 Å². The molecule has 1 heterocycles. The number of benzene rings is 1. The van der Waals surface area contributed by atoms with Crippen LogP contribution >= 0.6 is 0 Å². The molecular weight excluding hydrogens is 300 g/mol. The van der Waals surface area contributed by atoms with Crippen LogP contribution in [0.1, 0.15) is 40.5 Å². The summed E-state index contributed by atoms with van der Waals surface area (Å²) >= 11 is 0. The molecule has 0 aromatic heterocycles. The van der Waals surface area contributed by atoms with Crippen molar-refractivity contribution in [3.8, 4) is 0 Å². The number of rotatable bonds is 2. The summed E-state index contributed by atoms with van der Waals surface area (Å²) < 4.78 is 0. The third-order valence-corrected chi connectivity index (χ3v) is 7.29. The molecule has 4 atom stereocenters. The lowest BCUT2D eigenvalue weighted by atomic mass is 9.69. The van der Waals surface area contributed by atoms with Gasteiger partial charge in [-0.25, -0.2) is 4.79 Å². The van der Waals surface area contributed by atoms with E-state index in [0.29, 0.717) is 5.92 Å². The standard InChI is InChI=1S/C20H26N2O2/c1-5-15(23)22-17-16(14-11-12-20(17,4)19(14,2)3)21(18(22)24)13-9-7-6-8-10-13/h5-10,14,16-17,23H,11-12H2,1-4H3/b15-5-/t14-,16-,17-,20+/m1/s1. The number of carbonyl (C=O) groups is 1. The Labute approximate surface area is 143 Å². The average Bonchev–Trinajstić information content (AvgIpc) is 3.06. The minimum atomic E-state index is -0.0968. The van der Waals surface area contributed by atoms with Crippen LogP contribution in [0.5, 0.6) is 0 Å². The lowest BCUT2D eigenvalue weighted by Crippen LogP contribution is -2.47. The summed E-state index contributed by atoms with van der Waals surface area (Å²) in [6, 6.07) is 9.94. The third-order valence-electron chi connectivity index (χ3n) is 7.29. The molecule has 0 radical (unpaired) electrons. The van der Waals surface area contributed by atoms with E-state index in [0.717, 1.165) is 18.5 Å². The highest BCUT2D eigenvalue weighted by molar-refractivity contribution is 5.97. The Bertz CT molecular complexity index is 712. The largest absolute Gasteiger partial charge is 0.495 e. The molecule has 0 spiro atoms. The highest BCUT2D eigenvalue weighted by Crippen LogP contribution is 2.69. The van der Waals surface area contributed by atoms with Gasteiger partial charge in [-0.3, -0.25) is 9.80 Å². The number of amides is 2. The first-order valence-corrected chi connectivity index (χ1v) is 8.87. The van der Waals surface area contributed by atoms with Gasteiger partial charge < -0.3 is 5.11 Å². The van der Waals surface area contributed by atoms with E-state index in [1.54, 1.807) is 17.9 Å². The number of urea groups is 1. The number of aliphatic hydroxyl groups is 1. The van der Waals surface area contributed by atoms with E-state index in [-0.39, 0.29) is 34.8 Å². The lowest BCUT2D eigenvalue weighted by molar-refractivity contribution is 0.0656. The zero-order valence-corrected chi connectivity index (χ0v) is 14.9. The second kappa shape index (κ2) is 4.78. The highest BCUT2D eigenvalue weighted by Gasteiger charge is 2.73. The molecule has 2 aliphatic carbocycles. The minimum absolute atomic E-state index is 0.0124. The number of nitrogens with zero attached hydrogens (tertiary/aromatic N) is 2. The van der Waals surface area contributed by atoms with Crippen LogP contribution in [0.25, 0.3) is 0 Å². The van der Waals surface area contributed by atoms with E-state index in [2.05, 4.69) is 20.8 Å². The Morgan fingerprint density at radius 3 is 2.54 bits per heavy atom. The van der Waals surface area contributed by atoms with Gasteiger partial charge in [-0.15, -0.1) is 0 Å². The van der Waals surface area contributed by atoms with Crippen molar-refractivity contribution in [2.24, 2.45) is 16.7 Å². The predicted molar refractivity (Wildman–Crippen MR) is 94.7 cm³/mol. The first-order chi connectivity index (χ1) is 11.3. The molecule has 2 amide bonds. The van der Waals surface area contributed by atoms with Crippen molar-refractivity contribution in [1.29, 1.82) is 0 Å². The number of allylic oxidation sites excluding steroid dienone is 1. The summed E-state index contributed by atoms with van der Waals surface area (Å²) in [7, 11) is 0. The van der Waals surface area contributed by atoms with E-state index in [9.17, 15) is 9.90 Å². The molecule has 1 aliphatic heterocycles. The van der Waals surface area contributed by atoms with Crippen molar-refractivity contribution < 1.29 is 9.90 Å². The Balaban J connectivity index is 1.89. The zero-order valence-electron chi connectivity index (χ0n) is 14.9. The molecule has 128 valence electrons. The van der Waals surface area contributed by atoms with Gasteiger partial charge in [0.15, 0.2) is 5.88 Å². The lowest BCUT2D eigenvalue weighted by Gasteiger charge is -2.41. The summed E-state index contributed by atoms with van der Waals surface area (Å²) in [4.78, 5) is 16.8. The topological polar surface area (TPSA) is 43.8 Å². The molecule has 1 aromatic carbocycles. The molecule has 1 N–H and O–H groups in total. The van der Waals surface area contributed by atoms with Crippen LogP contribution in [0.3, 0.4) is 0 Å². The number of para-hydroxylation sites is 1. The number of anilines is 1. The number of fused-ring (bicyclic) bond motifs is 5. The van der Waals surface area contributed by atoms with Crippen LogP contribution in [-0.4, -0.2) is 28.1 Å². The Morgan fingerprint density at radius 1 is 1.25 bits per heavy atom. The minimum Gasteiger partial charge on any atom is -0.495 e. The van der Waals surface area contributed by atoms with Gasteiger partial charge in [0.1, 0.15) is 0 Å². The number of aliphatic hydroxyl groups excluding tert-OH is 1. The zero-order chi connectivity index (χ0) is 17.3. The van der Waals surface area contributed by atoms with Gasteiger partial charge in [0.05, 0.1) is 12.1 Å². The van der Waals surface area contributed by atoms with Crippen molar-refractivity contribution in [1.82, 2.24) is 4.90 Å². The average molecular weight is 326 g/mol. The van der Waals surface area contributed by atoms with Crippen molar-refractivity contribution in [2.45, 2.75) is 52.6 Å². The molecule has 2 bridgehead atoms. The van der Waals surface area contributed by atoms with Crippen LogP contribution in [0, 0.1) is 16.7 Å². The maximum atomic E-state index is 13.2. The van der Waals surface area contributed by atoms with Crippen molar-refractivity contribution in [3.05, 3.63) is 42.3 Å². The van der Waals surface area contributed by atoms with Crippen LogP contribution in [0.15, 0.2) is 42.3 Å². The van der Waals surface area contributed by atoms with E-state index in [1.807, 2.05) is 35.2 Å². The maximum absolute atomic E-state index is 13.2.